The van der Waals surface area contributed by atoms with Crippen LogP contribution in [0.15, 0.2) is 48.8 Å². The maximum absolute atomic E-state index is 12.1. The lowest BCUT2D eigenvalue weighted by molar-refractivity contribution is 0.102. The SMILES string of the molecule is O=C(Nc1nc2c(s1)Cc1ccccc1-2)c1cccnc1. The number of nitrogens with zero attached hydrogens (tertiary/aromatic N) is 2. The molecule has 4 rings (SSSR count). The molecule has 0 saturated heterocycles. The molecule has 0 fully saturated rings. The number of anilines is 1. The van der Waals surface area contributed by atoms with Gasteiger partial charge in [-0.3, -0.25) is 15.1 Å². The molecule has 3 aromatic rings. The van der Waals surface area contributed by atoms with Gasteiger partial charge in [-0.2, -0.15) is 0 Å². The third-order valence-electron chi connectivity index (χ3n) is 3.47. The summed E-state index contributed by atoms with van der Waals surface area (Å²) in [6.07, 6.45) is 4.09. The lowest BCUT2D eigenvalue weighted by atomic mass is 10.1. The van der Waals surface area contributed by atoms with Gasteiger partial charge in [-0.25, -0.2) is 4.98 Å². The number of carbonyl (C=O) groups is 1. The highest BCUT2D eigenvalue weighted by Gasteiger charge is 2.23. The van der Waals surface area contributed by atoms with E-state index < -0.39 is 0 Å². The fourth-order valence-electron chi connectivity index (χ4n) is 2.48. The van der Waals surface area contributed by atoms with Gasteiger partial charge in [0, 0.05) is 29.3 Å². The molecular formula is C16H11N3OS. The number of rotatable bonds is 2. The largest absolute Gasteiger partial charge is 0.298 e. The van der Waals surface area contributed by atoms with Crippen LogP contribution in [-0.4, -0.2) is 15.9 Å². The number of aromatic nitrogens is 2. The molecule has 1 N–H and O–H groups in total. The molecule has 1 aliphatic carbocycles. The molecule has 0 radical (unpaired) electrons. The summed E-state index contributed by atoms with van der Waals surface area (Å²) < 4.78 is 0. The average Bonchev–Trinajstić information content (AvgIpc) is 3.05. The Balaban J connectivity index is 1.61. The normalized spacial score (nSPS) is 11.8. The van der Waals surface area contributed by atoms with Crippen LogP contribution in [0.4, 0.5) is 5.13 Å². The predicted octanol–water partition coefficient (Wildman–Crippen LogP) is 3.36. The number of nitrogens with one attached hydrogen (secondary N) is 1. The highest BCUT2D eigenvalue weighted by Crippen LogP contribution is 2.40. The Hall–Kier alpha value is -2.53. The van der Waals surface area contributed by atoms with E-state index in [-0.39, 0.29) is 5.91 Å². The quantitative estimate of drug-likeness (QED) is 0.616. The topological polar surface area (TPSA) is 54.9 Å². The van der Waals surface area contributed by atoms with Crippen LogP contribution in [0.2, 0.25) is 0 Å². The number of amides is 1. The minimum absolute atomic E-state index is 0.177. The summed E-state index contributed by atoms with van der Waals surface area (Å²) in [4.78, 5) is 21.8. The monoisotopic (exact) mass is 293 g/mol. The second-order valence-electron chi connectivity index (χ2n) is 4.82. The summed E-state index contributed by atoms with van der Waals surface area (Å²) in [5, 5.41) is 3.49. The molecule has 0 bridgehead atoms. The van der Waals surface area contributed by atoms with Gasteiger partial charge in [-0.05, 0) is 17.7 Å². The zero-order valence-corrected chi connectivity index (χ0v) is 11.9. The van der Waals surface area contributed by atoms with Gasteiger partial charge >= 0.3 is 0 Å². The number of carbonyl (C=O) groups excluding carboxylic acids is 1. The van der Waals surface area contributed by atoms with Crippen molar-refractivity contribution in [3.8, 4) is 11.3 Å². The molecule has 0 aliphatic heterocycles. The first-order valence-corrected chi connectivity index (χ1v) is 7.42. The van der Waals surface area contributed by atoms with Crippen molar-refractivity contribution < 1.29 is 4.79 Å². The van der Waals surface area contributed by atoms with Crippen molar-refractivity contribution in [3.63, 3.8) is 0 Å². The van der Waals surface area contributed by atoms with Crippen molar-refractivity contribution in [2.24, 2.45) is 0 Å². The van der Waals surface area contributed by atoms with Crippen LogP contribution in [0.1, 0.15) is 20.8 Å². The molecule has 0 saturated carbocycles. The molecule has 0 atom stereocenters. The first-order valence-electron chi connectivity index (χ1n) is 6.60. The van der Waals surface area contributed by atoms with E-state index in [0.717, 1.165) is 12.1 Å². The lowest BCUT2D eigenvalue weighted by Gasteiger charge is -2.01. The molecule has 2 aromatic heterocycles. The van der Waals surface area contributed by atoms with Crippen LogP contribution in [-0.2, 0) is 6.42 Å². The first-order chi connectivity index (χ1) is 10.3. The third kappa shape index (κ3) is 2.11. The molecule has 5 heteroatoms. The number of pyridine rings is 1. The van der Waals surface area contributed by atoms with Crippen LogP contribution in [0.3, 0.4) is 0 Å². The molecule has 0 spiro atoms. The van der Waals surface area contributed by atoms with Crippen molar-refractivity contribution in [1.82, 2.24) is 9.97 Å². The van der Waals surface area contributed by atoms with E-state index in [2.05, 4.69) is 27.4 Å². The van der Waals surface area contributed by atoms with Gasteiger partial charge in [-0.1, -0.05) is 24.3 Å². The molecule has 102 valence electrons. The summed E-state index contributed by atoms with van der Waals surface area (Å²) in [5.74, 6) is -0.177. The van der Waals surface area contributed by atoms with E-state index in [1.807, 2.05) is 12.1 Å². The molecular weight excluding hydrogens is 282 g/mol. The Morgan fingerprint density at radius 1 is 1.19 bits per heavy atom. The van der Waals surface area contributed by atoms with Gasteiger partial charge in [0.1, 0.15) is 0 Å². The summed E-state index contributed by atoms with van der Waals surface area (Å²) in [5.41, 5.74) is 4.01. The van der Waals surface area contributed by atoms with E-state index >= 15 is 0 Å². The van der Waals surface area contributed by atoms with E-state index in [4.69, 9.17) is 0 Å². The number of hydrogen-bond donors (Lipinski definition) is 1. The van der Waals surface area contributed by atoms with Crippen LogP contribution in [0, 0.1) is 0 Å². The van der Waals surface area contributed by atoms with Gasteiger partial charge in [-0.15, -0.1) is 11.3 Å². The number of hydrogen-bond acceptors (Lipinski definition) is 4. The van der Waals surface area contributed by atoms with Gasteiger partial charge in [0.2, 0.25) is 0 Å². The molecule has 1 aromatic carbocycles. The molecule has 21 heavy (non-hydrogen) atoms. The highest BCUT2D eigenvalue weighted by atomic mass is 32.1. The summed E-state index contributed by atoms with van der Waals surface area (Å²) in [6.45, 7) is 0. The maximum Gasteiger partial charge on any atom is 0.259 e. The van der Waals surface area contributed by atoms with Crippen molar-refractivity contribution in [2.75, 3.05) is 5.32 Å². The van der Waals surface area contributed by atoms with E-state index in [0.29, 0.717) is 10.7 Å². The Morgan fingerprint density at radius 2 is 2.10 bits per heavy atom. The van der Waals surface area contributed by atoms with Gasteiger partial charge < -0.3 is 0 Å². The van der Waals surface area contributed by atoms with Crippen molar-refractivity contribution >= 4 is 22.4 Å². The molecule has 2 heterocycles. The predicted molar refractivity (Wildman–Crippen MR) is 82.5 cm³/mol. The zero-order chi connectivity index (χ0) is 14.2. The second kappa shape index (κ2) is 4.79. The summed E-state index contributed by atoms with van der Waals surface area (Å²) in [6, 6.07) is 11.7. The van der Waals surface area contributed by atoms with Gasteiger partial charge in [0.05, 0.1) is 11.3 Å². The number of thiazole rings is 1. The molecule has 1 aliphatic rings. The van der Waals surface area contributed by atoms with Crippen LogP contribution < -0.4 is 5.32 Å². The van der Waals surface area contributed by atoms with Crippen LogP contribution in [0.25, 0.3) is 11.3 Å². The Kier molecular flexibility index (Phi) is 2.79. The fourth-order valence-corrected chi connectivity index (χ4v) is 3.47. The summed E-state index contributed by atoms with van der Waals surface area (Å²) in [7, 11) is 0. The first kappa shape index (κ1) is 12.2. The van der Waals surface area contributed by atoms with Gasteiger partial charge in [0.25, 0.3) is 5.91 Å². The number of benzene rings is 1. The average molecular weight is 293 g/mol. The Morgan fingerprint density at radius 3 is 2.95 bits per heavy atom. The number of fused-ring (bicyclic) bond motifs is 3. The lowest BCUT2D eigenvalue weighted by Crippen LogP contribution is -2.11. The fraction of sp³-hybridized carbons (Fsp3) is 0.0625. The van der Waals surface area contributed by atoms with E-state index in [1.54, 1.807) is 24.5 Å². The molecule has 4 nitrogen and oxygen atoms in total. The highest BCUT2D eigenvalue weighted by molar-refractivity contribution is 7.16. The minimum Gasteiger partial charge on any atom is -0.298 e. The van der Waals surface area contributed by atoms with E-state index in [9.17, 15) is 4.79 Å². The van der Waals surface area contributed by atoms with Crippen molar-refractivity contribution in [1.29, 1.82) is 0 Å². The van der Waals surface area contributed by atoms with Gasteiger partial charge in [0.15, 0.2) is 5.13 Å². The van der Waals surface area contributed by atoms with Crippen LogP contribution in [0.5, 0.6) is 0 Å². The smallest absolute Gasteiger partial charge is 0.259 e. The van der Waals surface area contributed by atoms with Crippen molar-refractivity contribution in [2.45, 2.75) is 6.42 Å². The zero-order valence-electron chi connectivity index (χ0n) is 11.0. The maximum atomic E-state index is 12.1. The summed E-state index contributed by atoms with van der Waals surface area (Å²) >= 11 is 1.54. The third-order valence-corrected chi connectivity index (χ3v) is 4.44. The minimum atomic E-state index is -0.177. The Bertz CT molecular complexity index is 827. The molecule has 1 amide bonds. The second-order valence-corrected chi connectivity index (χ2v) is 5.90. The standard InChI is InChI=1S/C16H11N3OS/c20-15(11-5-3-7-17-9-11)19-16-18-14-12-6-2-1-4-10(12)8-13(14)21-16/h1-7,9H,8H2,(H,18,19,20). The van der Waals surface area contributed by atoms with Crippen molar-refractivity contribution in [3.05, 3.63) is 64.8 Å². The molecule has 0 unspecified atom stereocenters. The van der Waals surface area contributed by atoms with Crippen LogP contribution >= 0.6 is 11.3 Å². The van der Waals surface area contributed by atoms with E-state index in [1.165, 1.54) is 27.3 Å². The Labute approximate surface area is 125 Å².